The maximum absolute atomic E-state index is 11.7. The zero-order valence-electron chi connectivity index (χ0n) is 10.3. The van der Waals surface area contributed by atoms with Crippen molar-refractivity contribution >= 4 is 11.9 Å². The van der Waals surface area contributed by atoms with Crippen molar-refractivity contribution in [2.45, 2.75) is 19.4 Å². The number of nitrogens with zero attached hydrogens (tertiary/aromatic N) is 1. The maximum Gasteiger partial charge on any atom is 0.255 e. The molecular formula is C12H18N4O2. The molecule has 1 aromatic rings. The quantitative estimate of drug-likeness (QED) is 0.440. The SMILES string of the molecule is CC(CCNC(=O)c1ccccc1O)N=C(N)N. The van der Waals surface area contributed by atoms with Crippen LogP contribution in [-0.2, 0) is 0 Å². The molecule has 0 heterocycles. The van der Waals surface area contributed by atoms with Crippen LogP contribution in [0.5, 0.6) is 5.75 Å². The average molecular weight is 250 g/mol. The lowest BCUT2D eigenvalue weighted by Crippen LogP contribution is -2.28. The lowest BCUT2D eigenvalue weighted by atomic mass is 10.2. The van der Waals surface area contributed by atoms with Crippen LogP contribution in [0.4, 0.5) is 0 Å². The Balaban J connectivity index is 2.43. The number of carbonyl (C=O) groups excluding carboxylic acids is 1. The van der Waals surface area contributed by atoms with Crippen molar-refractivity contribution in [2.75, 3.05) is 6.54 Å². The van der Waals surface area contributed by atoms with Gasteiger partial charge in [-0.1, -0.05) is 12.1 Å². The zero-order valence-corrected chi connectivity index (χ0v) is 10.3. The van der Waals surface area contributed by atoms with Crippen molar-refractivity contribution in [3.63, 3.8) is 0 Å². The van der Waals surface area contributed by atoms with E-state index in [0.717, 1.165) is 0 Å². The van der Waals surface area contributed by atoms with Crippen LogP contribution in [0.3, 0.4) is 0 Å². The van der Waals surface area contributed by atoms with Crippen LogP contribution in [-0.4, -0.2) is 29.6 Å². The molecule has 0 saturated carbocycles. The number of aliphatic imine (C=N–C) groups is 1. The first kappa shape index (κ1) is 13.8. The summed E-state index contributed by atoms with van der Waals surface area (Å²) >= 11 is 0. The molecule has 98 valence electrons. The van der Waals surface area contributed by atoms with Crippen molar-refractivity contribution in [1.82, 2.24) is 5.32 Å². The molecule has 1 atom stereocenters. The summed E-state index contributed by atoms with van der Waals surface area (Å²) in [5, 5.41) is 12.2. The summed E-state index contributed by atoms with van der Waals surface area (Å²) in [5.41, 5.74) is 10.7. The van der Waals surface area contributed by atoms with E-state index in [1.165, 1.54) is 6.07 Å². The number of phenolic OH excluding ortho intramolecular Hbond substituents is 1. The number of amides is 1. The number of hydrogen-bond donors (Lipinski definition) is 4. The normalized spacial score (nSPS) is 11.6. The van der Waals surface area contributed by atoms with Gasteiger partial charge in [0.1, 0.15) is 5.75 Å². The van der Waals surface area contributed by atoms with Gasteiger partial charge in [0.25, 0.3) is 5.91 Å². The number of benzene rings is 1. The lowest BCUT2D eigenvalue weighted by molar-refractivity contribution is 0.0950. The first-order valence-corrected chi connectivity index (χ1v) is 5.65. The number of aromatic hydroxyl groups is 1. The Morgan fingerprint density at radius 1 is 1.44 bits per heavy atom. The van der Waals surface area contributed by atoms with Crippen molar-refractivity contribution in [3.8, 4) is 5.75 Å². The van der Waals surface area contributed by atoms with Crippen LogP contribution < -0.4 is 16.8 Å². The first-order chi connectivity index (χ1) is 8.50. The molecule has 1 amide bonds. The maximum atomic E-state index is 11.7. The van der Waals surface area contributed by atoms with Crippen molar-refractivity contribution in [1.29, 1.82) is 0 Å². The fourth-order valence-corrected chi connectivity index (χ4v) is 1.47. The van der Waals surface area contributed by atoms with Gasteiger partial charge in [0.2, 0.25) is 0 Å². The van der Waals surface area contributed by atoms with Crippen LogP contribution in [0, 0.1) is 0 Å². The molecule has 0 spiro atoms. The number of nitrogens with two attached hydrogens (primary N) is 2. The lowest BCUT2D eigenvalue weighted by Gasteiger charge is -2.09. The van der Waals surface area contributed by atoms with E-state index in [0.29, 0.717) is 13.0 Å². The molecule has 0 aliphatic heterocycles. The third-order valence-electron chi connectivity index (χ3n) is 2.37. The number of carbonyl (C=O) groups is 1. The van der Waals surface area contributed by atoms with Gasteiger partial charge >= 0.3 is 0 Å². The second-order valence-corrected chi connectivity index (χ2v) is 3.96. The largest absolute Gasteiger partial charge is 0.507 e. The van der Waals surface area contributed by atoms with E-state index in [9.17, 15) is 9.90 Å². The molecule has 6 nitrogen and oxygen atoms in total. The summed E-state index contributed by atoms with van der Waals surface area (Å²) in [5.74, 6) is -0.313. The summed E-state index contributed by atoms with van der Waals surface area (Å²) < 4.78 is 0. The standard InChI is InChI=1S/C12H18N4O2/c1-8(16-12(13)14)6-7-15-11(18)9-4-2-3-5-10(9)17/h2-5,8,17H,6-7H2,1H3,(H,15,18)(H4,13,14,16). The van der Waals surface area contributed by atoms with Crippen LogP contribution >= 0.6 is 0 Å². The minimum Gasteiger partial charge on any atom is -0.507 e. The molecular weight excluding hydrogens is 232 g/mol. The van der Waals surface area contributed by atoms with Gasteiger partial charge in [-0.15, -0.1) is 0 Å². The molecule has 1 aromatic carbocycles. The number of hydrogen-bond acceptors (Lipinski definition) is 3. The Morgan fingerprint density at radius 3 is 2.72 bits per heavy atom. The Labute approximate surface area is 106 Å². The van der Waals surface area contributed by atoms with Gasteiger partial charge in [-0.2, -0.15) is 0 Å². The Kier molecular flexibility index (Phi) is 4.98. The predicted molar refractivity (Wildman–Crippen MR) is 70.3 cm³/mol. The van der Waals surface area contributed by atoms with Gasteiger partial charge in [0, 0.05) is 6.54 Å². The van der Waals surface area contributed by atoms with E-state index >= 15 is 0 Å². The van der Waals surface area contributed by atoms with Gasteiger partial charge in [-0.25, -0.2) is 0 Å². The Bertz CT molecular complexity index is 441. The monoisotopic (exact) mass is 250 g/mol. The van der Waals surface area contributed by atoms with E-state index in [4.69, 9.17) is 11.5 Å². The number of rotatable bonds is 5. The average Bonchev–Trinajstić information content (AvgIpc) is 2.28. The second-order valence-electron chi connectivity index (χ2n) is 3.96. The number of para-hydroxylation sites is 1. The van der Waals surface area contributed by atoms with Crippen LogP contribution in [0.25, 0.3) is 0 Å². The topological polar surface area (TPSA) is 114 Å². The van der Waals surface area contributed by atoms with Gasteiger partial charge in [0.15, 0.2) is 5.96 Å². The predicted octanol–water partition coefficient (Wildman–Crippen LogP) is 0.174. The Hall–Kier alpha value is -2.24. The fourth-order valence-electron chi connectivity index (χ4n) is 1.47. The zero-order chi connectivity index (χ0) is 13.5. The van der Waals surface area contributed by atoms with Gasteiger partial charge in [0.05, 0.1) is 11.6 Å². The molecule has 1 rings (SSSR count). The second kappa shape index (κ2) is 6.48. The first-order valence-electron chi connectivity index (χ1n) is 5.65. The molecule has 0 fully saturated rings. The fraction of sp³-hybridized carbons (Fsp3) is 0.333. The number of guanidine groups is 1. The molecule has 0 aromatic heterocycles. The van der Waals surface area contributed by atoms with Gasteiger partial charge in [-0.05, 0) is 25.5 Å². The van der Waals surface area contributed by atoms with Crippen LogP contribution in [0.2, 0.25) is 0 Å². The minimum absolute atomic E-state index is 0.0349. The summed E-state index contributed by atoms with van der Waals surface area (Å²) in [6.45, 7) is 2.29. The van der Waals surface area contributed by atoms with Gasteiger partial charge in [-0.3, -0.25) is 9.79 Å². The Morgan fingerprint density at radius 2 is 2.11 bits per heavy atom. The highest BCUT2D eigenvalue weighted by molar-refractivity contribution is 5.96. The molecule has 18 heavy (non-hydrogen) atoms. The molecule has 0 radical (unpaired) electrons. The highest BCUT2D eigenvalue weighted by atomic mass is 16.3. The smallest absolute Gasteiger partial charge is 0.255 e. The van der Waals surface area contributed by atoms with Crippen molar-refractivity contribution < 1.29 is 9.90 Å². The van der Waals surface area contributed by atoms with Crippen LogP contribution in [0.15, 0.2) is 29.3 Å². The molecule has 0 bridgehead atoms. The molecule has 0 aliphatic carbocycles. The van der Waals surface area contributed by atoms with Gasteiger partial charge < -0.3 is 21.9 Å². The number of phenols is 1. The third kappa shape index (κ3) is 4.32. The molecule has 6 heteroatoms. The van der Waals surface area contributed by atoms with Crippen LogP contribution in [0.1, 0.15) is 23.7 Å². The summed E-state index contributed by atoms with van der Waals surface area (Å²) in [6.07, 6.45) is 0.622. The third-order valence-corrected chi connectivity index (χ3v) is 2.37. The molecule has 0 aliphatic rings. The highest BCUT2D eigenvalue weighted by Gasteiger charge is 2.09. The summed E-state index contributed by atoms with van der Waals surface area (Å²) in [4.78, 5) is 15.6. The summed E-state index contributed by atoms with van der Waals surface area (Å²) in [7, 11) is 0. The molecule has 0 saturated heterocycles. The molecule has 6 N–H and O–H groups in total. The van der Waals surface area contributed by atoms with Crippen molar-refractivity contribution in [3.05, 3.63) is 29.8 Å². The van der Waals surface area contributed by atoms with E-state index < -0.39 is 0 Å². The van der Waals surface area contributed by atoms with Crippen molar-refractivity contribution in [2.24, 2.45) is 16.5 Å². The van der Waals surface area contributed by atoms with E-state index in [1.807, 2.05) is 6.92 Å². The minimum atomic E-state index is -0.315. The van der Waals surface area contributed by atoms with E-state index in [-0.39, 0.29) is 29.2 Å². The van der Waals surface area contributed by atoms with E-state index in [1.54, 1.807) is 18.2 Å². The molecule has 1 unspecified atom stereocenters. The number of nitrogens with one attached hydrogen (secondary N) is 1. The highest BCUT2D eigenvalue weighted by Crippen LogP contribution is 2.14. The van der Waals surface area contributed by atoms with E-state index in [2.05, 4.69) is 10.3 Å². The summed E-state index contributed by atoms with van der Waals surface area (Å²) in [6, 6.07) is 6.32.